The Morgan fingerprint density at radius 1 is 1.04 bits per heavy atom. The molecule has 6 heteroatoms. The molecule has 0 bridgehead atoms. The maximum Gasteiger partial charge on any atom is 0.312 e. The number of primary amides is 1. The van der Waals surface area contributed by atoms with Crippen LogP contribution >= 0.6 is 11.3 Å². The van der Waals surface area contributed by atoms with Gasteiger partial charge < -0.3 is 16.4 Å². The van der Waals surface area contributed by atoms with Crippen molar-refractivity contribution in [2.75, 3.05) is 5.32 Å². The zero-order valence-electron chi connectivity index (χ0n) is 12.9. The predicted octanol–water partition coefficient (Wildman–Crippen LogP) is 3.64. The summed E-state index contributed by atoms with van der Waals surface area (Å²) < 4.78 is 0. The van der Waals surface area contributed by atoms with Crippen molar-refractivity contribution in [1.82, 2.24) is 5.32 Å². The van der Waals surface area contributed by atoms with E-state index in [0.29, 0.717) is 0 Å². The number of rotatable bonds is 5. The summed E-state index contributed by atoms with van der Waals surface area (Å²) in [5.41, 5.74) is 5.94. The quantitative estimate of drug-likeness (QED) is 0.663. The van der Waals surface area contributed by atoms with Crippen LogP contribution in [-0.4, -0.2) is 11.9 Å². The molecule has 1 heterocycles. The molecule has 0 fully saturated rings. The van der Waals surface area contributed by atoms with E-state index in [2.05, 4.69) is 10.6 Å². The zero-order valence-corrected chi connectivity index (χ0v) is 13.7. The average Bonchev–Trinajstić information content (AvgIpc) is 3.08. The fourth-order valence-electron chi connectivity index (χ4n) is 2.55. The number of carbonyl (C=O) groups is 2. The molecule has 1 unspecified atom stereocenters. The van der Waals surface area contributed by atoms with Gasteiger partial charge in [0.1, 0.15) is 0 Å². The molecule has 1 atom stereocenters. The van der Waals surface area contributed by atoms with Gasteiger partial charge in [-0.2, -0.15) is 0 Å². The smallest absolute Gasteiger partial charge is 0.312 e. The van der Waals surface area contributed by atoms with E-state index in [1.54, 1.807) is 0 Å². The topological polar surface area (TPSA) is 84.2 Å². The number of amides is 3. The number of anilines is 1. The Balaban J connectivity index is 1.71. The number of carbonyl (C=O) groups excluding carboxylic acids is 2. The van der Waals surface area contributed by atoms with Crippen LogP contribution in [-0.2, 0) is 4.79 Å². The van der Waals surface area contributed by atoms with Gasteiger partial charge in [-0.3, -0.25) is 4.79 Å². The first-order valence-corrected chi connectivity index (χ1v) is 8.38. The number of fused-ring (bicyclic) bond motifs is 1. The third-order valence-electron chi connectivity index (χ3n) is 3.63. The normalized spacial score (nSPS) is 11.8. The molecule has 5 nitrogen and oxygen atoms in total. The standard InChI is InChI=1S/C18H17N3O2S/c19-18(23)21-15(16-6-3-9-24-16)11-17(22)20-14-8-7-12-4-1-2-5-13(12)10-14/h1-10,15H,11H2,(H,20,22)(H3,19,21,23). The molecule has 122 valence electrons. The second-order valence-electron chi connectivity index (χ2n) is 5.39. The summed E-state index contributed by atoms with van der Waals surface area (Å²) in [7, 11) is 0. The van der Waals surface area contributed by atoms with Gasteiger partial charge in [-0.15, -0.1) is 11.3 Å². The number of thiophene rings is 1. The van der Waals surface area contributed by atoms with E-state index >= 15 is 0 Å². The van der Waals surface area contributed by atoms with E-state index in [1.807, 2.05) is 60.0 Å². The summed E-state index contributed by atoms with van der Waals surface area (Å²) in [6, 6.07) is 16.4. The number of benzene rings is 2. The largest absolute Gasteiger partial charge is 0.352 e. The van der Waals surface area contributed by atoms with E-state index in [9.17, 15) is 9.59 Å². The summed E-state index contributed by atoms with van der Waals surface area (Å²) in [5.74, 6) is -0.183. The number of nitrogens with one attached hydrogen (secondary N) is 2. The van der Waals surface area contributed by atoms with Crippen molar-refractivity contribution in [2.24, 2.45) is 5.73 Å². The highest BCUT2D eigenvalue weighted by atomic mass is 32.1. The van der Waals surface area contributed by atoms with Gasteiger partial charge >= 0.3 is 6.03 Å². The molecule has 0 saturated carbocycles. The Hall–Kier alpha value is -2.86. The maximum atomic E-state index is 12.3. The van der Waals surface area contributed by atoms with Crippen LogP contribution in [0.3, 0.4) is 0 Å². The van der Waals surface area contributed by atoms with E-state index in [4.69, 9.17) is 5.73 Å². The Bertz CT molecular complexity index is 862. The summed E-state index contributed by atoms with van der Waals surface area (Å²) in [4.78, 5) is 24.4. The van der Waals surface area contributed by atoms with Crippen LogP contribution in [0.4, 0.5) is 10.5 Å². The Morgan fingerprint density at radius 3 is 2.54 bits per heavy atom. The minimum atomic E-state index is -0.646. The van der Waals surface area contributed by atoms with Crippen LogP contribution in [0.2, 0.25) is 0 Å². The molecule has 3 amide bonds. The van der Waals surface area contributed by atoms with Crippen LogP contribution in [0.5, 0.6) is 0 Å². The summed E-state index contributed by atoms with van der Waals surface area (Å²) >= 11 is 1.47. The van der Waals surface area contributed by atoms with Crippen molar-refractivity contribution < 1.29 is 9.59 Å². The fraction of sp³-hybridized carbons (Fsp3) is 0.111. The van der Waals surface area contributed by atoms with Gasteiger partial charge in [-0.1, -0.05) is 36.4 Å². The van der Waals surface area contributed by atoms with Crippen LogP contribution in [0.15, 0.2) is 60.0 Å². The average molecular weight is 339 g/mol. The molecule has 3 rings (SSSR count). The second-order valence-corrected chi connectivity index (χ2v) is 6.37. The molecule has 1 aromatic heterocycles. The van der Waals surface area contributed by atoms with Crippen molar-refractivity contribution in [3.05, 3.63) is 64.9 Å². The van der Waals surface area contributed by atoms with Gasteiger partial charge in [-0.25, -0.2) is 4.79 Å². The van der Waals surface area contributed by atoms with E-state index < -0.39 is 12.1 Å². The van der Waals surface area contributed by atoms with Crippen molar-refractivity contribution >= 4 is 39.7 Å². The molecule has 3 aromatic rings. The number of hydrogen-bond acceptors (Lipinski definition) is 3. The molecule has 24 heavy (non-hydrogen) atoms. The van der Waals surface area contributed by atoms with Crippen molar-refractivity contribution in [3.63, 3.8) is 0 Å². The van der Waals surface area contributed by atoms with Gasteiger partial charge in [-0.05, 0) is 34.4 Å². The van der Waals surface area contributed by atoms with E-state index in [-0.39, 0.29) is 12.3 Å². The lowest BCUT2D eigenvalue weighted by Gasteiger charge is -2.16. The lowest BCUT2D eigenvalue weighted by atomic mass is 10.1. The minimum Gasteiger partial charge on any atom is -0.352 e. The van der Waals surface area contributed by atoms with E-state index in [1.165, 1.54) is 11.3 Å². The summed E-state index contributed by atoms with van der Waals surface area (Å²) in [6.45, 7) is 0. The highest BCUT2D eigenvalue weighted by Gasteiger charge is 2.18. The second kappa shape index (κ2) is 7.14. The molecule has 0 radical (unpaired) electrons. The van der Waals surface area contributed by atoms with Gasteiger partial charge in [0.15, 0.2) is 0 Å². The lowest BCUT2D eigenvalue weighted by Crippen LogP contribution is -2.34. The molecule has 2 aromatic carbocycles. The van der Waals surface area contributed by atoms with Crippen LogP contribution < -0.4 is 16.4 Å². The zero-order chi connectivity index (χ0) is 16.9. The number of nitrogens with two attached hydrogens (primary N) is 1. The first kappa shape index (κ1) is 16.0. The van der Waals surface area contributed by atoms with E-state index in [0.717, 1.165) is 21.3 Å². The minimum absolute atomic E-state index is 0.121. The molecule has 0 saturated heterocycles. The molecule has 0 spiro atoms. The molecule has 0 aliphatic rings. The molecule has 0 aliphatic heterocycles. The van der Waals surface area contributed by atoms with Gasteiger partial charge in [0.05, 0.1) is 12.5 Å². The third-order valence-corrected chi connectivity index (χ3v) is 4.61. The van der Waals surface area contributed by atoms with Crippen LogP contribution in [0, 0.1) is 0 Å². The summed E-state index contributed by atoms with van der Waals surface area (Å²) in [6.07, 6.45) is 0.121. The first-order valence-electron chi connectivity index (χ1n) is 7.50. The van der Waals surface area contributed by atoms with Crippen LogP contribution in [0.1, 0.15) is 17.3 Å². The van der Waals surface area contributed by atoms with Crippen molar-refractivity contribution in [2.45, 2.75) is 12.5 Å². The van der Waals surface area contributed by atoms with Gasteiger partial charge in [0.25, 0.3) is 0 Å². The maximum absolute atomic E-state index is 12.3. The lowest BCUT2D eigenvalue weighted by molar-refractivity contribution is -0.116. The predicted molar refractivity (Wildman–Crippen MR) is 97.0 cm³/mol. The Kier molecular flexibility index (Phi) is 4.77. The fourth-order valence-corrected chi connectivity index (χ4v) is 3.33. The number of urea groups is 1. The van der Waals surface area contributed by atoms with Crippen molar-refractivity contribution in [3.8, 4) is 0 Å². The highest BCUT2D eigenvalue weighted by molar-refractivity contribution is 7.10. The Labute approximate surface area is 143 Å². The summed E-state index contributed by atoms with van der Waals surface area (Å²) in [5, 5.41) is 9.55. The van der Waals surface area contributed by atoms with Gasteiger partial charge in [0, 0.05) is 10.6 Å². The van der Waals surface area contributed by atoms with Gasteiger partial charge in [0.2, 0.25) is 5.91 Å². The monoisotopic (exact) mass is 339 g/mol. The van der Waals surface area contributed by atoms with Crippen LogP contribution in [0.25, 0.3) is 10.8 Å². The molecular weight excluding hydrogens is 322 g/mol. The molecule has 4 N–H and O–H groups in total. The molecule has 0 aliphatic carbocycles. The Morgan fingerprint density at radius 2 is 1.83 bits per heavy atom. The van der Waals surface area contributed by atoms with Crippen molar-refractivity contribution in [1.29, 1.82) is 0 Å². The molecular formula is C18H17N3O2S. The highest BCUT2D eigenvalue weighted by Crippen LogP contribution is 2.23. The SMILES string of the molecule is NC(=O)NC(CC(=O)Nc1ccc2ccccc2c1)c1cccs1. The first-order chi connectivity index (χ1) is 11.6. The third kappa shape index (κ3) is 3.91. The number of hydrogen-bond donors (Lipinski definition) is 3.